The monoisotopic (exact) mass is 315 g/mol. The summed E-state index contributed by atoms with van der Waals surface area (Å²) >= 11 is 0. The number of sulfonamides is 1. The Labute approximate surface area is 123 Å². The fourth-order valence-corrected chi connectivity index (χ4v) is 3.56. The van der Waals surface area contributed by atoms with Crippen molar-refractivity contribution in [2.75, 3.05) is 18.8 Å². The summed E-state index contributed by atoms with van der Waals surface area (Å²) in [6.45, 7) is 2.75. The number of nitrogens with zero attached hydrogens (tertiary/aromatic N) is 1. The maximum Gasteiger partial charge on any atom is 0.241 e. The Morgan fingerprint density at radius 3 is 2.52 bits per heavy atom. The molecule has 8 heteroatoms. The molecule has 1 aliphatic heterocycles. The van der Waals surface area contributed by atoms with E-state index in [-0.39, 0.29) is 16.5 Å². The number of benzene rings is 1. The maximum absolute atomic E-state index is 13.3. The van der Waals surface area contributed by atoms with Gasteiger partial charge in [-0.1, -0.05) is 0 Å². The van der Waals surface area contributed by atoms with Crippen molar-refractivity contribution in [3.8, 4) is 0 Å². The zero-order valence-corrected chi connectivity index (χ0v) is 12.5. The van der Waals surface area contributed by atoms with Crippen LogP contribution in [0.15, 0.2) is 23.1 Å². The summed E-state index contributed by atoms with van der Waals surface area (Å²) in [6, 6.07) is 2.14. The molecule has 0 aromatic heterocycles. The highest BCUT2D eigenvalue weighted by molar-refractivity contribution is 7.89. The summed E-state index contributed by atoms with van der Waals surface area (Å²) in [5.41, 5.74) is 5.45. The second-order valence-corrected chi connectivity index (χ2v) is 6.81. The Morgan fingerprint density at radius 1 is 1.33 bits per heavy atom. The second kappa shape index (κ2) is 5.98. The number of nitrogens with two attached hydrogens (primary N) is 1. The first-order chi connectivity index (χ1) is 9.79. The van der Waals surface area contributed by atoms with Crippen molar-refractivity contribution in [1.29, 1.82) is 0 Å². The molecule has 0 saturated carbocycles. The molecular formula is C13H18FN3O3S. The first kappa shape index (κ1) is 15.7. The largest absolute Gasteiger partial charge is 0.399 e. The maximum atomic E-state index is 13.3. The molecule has 0 aliphatic carbocycles. The quantitative estimate of drug-likeness (QED) is 0.800. The first-order valence-corrected chi connectivity index (χ1v) is 8.15. The van der Waals surface area contributed by atoms with E-state index in [0.29, 0.717) is 13.1 Å². The Morgan fingerprint density at radius 2 is 1.95 bits per heavy atom. The van der Waals surface area contributed by atoms with Crippen molar-refractivity contribution in [2.24, 2.45) is 0 Å². The summed E-state index contributed by atoms with van der Waals surface area (Å²) in [6.07, 6.45) is 1.84. The zero-order chi connectivity index (χ0) is 15.6. The van der Waals surface area contributed by atoms with Crippen molar-refractivity contribution in [3.05, 3.63) is 24.0 Å². The highest BCUT2D eigenvalue weighted by atomic mass is 32.2. The first-order valence-electron chi connectivity index (χ1n) is 6.67. The number of likely N-dealkylation sites (tertiary alicyclic amines) is 1. The third-order valence-electron chi connectivity index (χ3n) is 3.32. The highest BCUT2D eigenvalue weighted by Crippen LogP contribution is 2.17. The number of carbonyl (C=O) groups excluding carboxylic acids is 1. The molecule has 3 N–H and O–H groups in total. The lowest BCUT2D eigenvalue weighted by Crippen LogP contribution is -2.45. The highest BCUT2D eigenvalue weighted by Gasteiger charge is 2.27. The average Bonchev–Trinajstić information content (AvgIpc) is 2.89. The molecule has 1 atom stereocenters. The second-order valence-electron chi connectivity index (χ2n) is 5.10. The van der Waals surface area contributed by atoms with Crippen LogP contribution in [-0.2, 0) is 14.8 Å². The third kappa shape index (κ3) is 3.70. The molecule has 116 valence electrons. The molecule has 0 spiro atoms. The van der Waals surface area contributed by atoms with E-state index < -0.39 is 21.9 Å². The molecule has 1 aromatic carbocycles. The minimum atomic E-state index is -4.00. The molecule has 1 saturated heterocycles. The Balaban J connectivity index is 2.14. The fraction of sp³-hybridized carbons (Fsp3) is 0.462. The summed E-state index contributed by atoms with van der Waals surface area (Å²) in [7, 11) is -4.00. The molecule has 1 heterocycles. The molecule has 1 amide bonds. The van der Waals surface area contributed by atoms with Gasteiger partial charge in [-0.05, 0) is 38.0 Å². The average molecular weight is 315 g/mol. The van der Waals surface area contributed by atoms with Crippen LogP contribution in [0, 0.1) is 5.82 Å². The van der Waals surface area contributed by atoms with Gasteiger partial charge in [0.2, 0.25) is 15.9 Å². The van der Waals surface area contributed by atoms with E-state index in [0.717, 1.165) is 31.0 Å². The van der Waals surface area contributed by atoms with Crippen LogP contribution >= 0.6 is 0 Å². The molecule has 1 aliphatic rings. The number of anilines is 1. The van der Waals surface area contributed by atoms with E-state index in [1.54, 1.807) is 4.90 Å². The van der Waals surface area contributed by atoms with Crippen molar-refractivity contribution >= 4 is 21.6 Å². The number of carbonyl (C=O) groups is 1. The van der Waals surface area contributed by atoms with E-state index >= 15 is 0 Å². The van der Waals surface area contributed by atoms with E-state index in [2.05, 4.69) is 4.72 Å². The SMILES string of the molecule is CC(NS(=O)(=O)c1cc(N)cc(F)c1)C(=O)N1CCCC1. The molecule has 1 fully saturated rings. The molecular weight excluding hydrogens is 297 g/mol. The topological polar surface area (TPSA) is 92.5 Å². The molecule has 2 rings (SSSR count). The third-order valence-corrected chi connectivity index (χ3v) is 4.84. The summed E-state index contributed by atoms with van der Waals surface area (Å²) in [4.78, 5) is 13.4. The molecule has 21 heavy (non-hydrogen) atoms. The molecule has 0 radical (unpaired) electrons. The molecule has 1 aromatic rings. The van der Waals surface area contributed by atoms with E-state index in [1.165, 1.54) is 6.92 Å². The van der Waals surface area contributed by atoms with Gasteiger partial charge in [-0.3, -0.25) is 4.79 Å². The van der Waals surface area contributed by atoms with Gasteiger partial charge in [-0.15, -0.1) is 0 Å². The van der Waals surface area contributed by atoms with Crippen LogP contribution in [-0.4, -0.2) is 38.4 Å². The fourth-order valence-electron chi connectivity index (χ4n) is 2.30. The lowest BCUT2D eigenvalue weighted by Gasteiger charge is -2.21. The summed E-state index contributed by atoms with van der Waals surface area (Å²) < 4.78 is 39.8. The van der Waals surface area contributed by atoms with Gasteiger partial charge in [0.15, 0.2) is 0 Å². The van der Waals surface area contributed by atoms with Gasteiger partial charge in [0.25, 0.3) is 0 Å². The van der Waals surface area contributed by atoms with E-state index in [4.69, 9.17) is 5.73 Å². The normalized spacial score (nSPS) is 17.0. The Hall–Kier alpha value is -1.67. The molecule has 1 unspecified atom stereocenters. The van der Waals surface area contributed by atoms with Crippen LogP contribution in [0.5, 0.6) is 0 Å². The summed E-state index contributed by atoms with van der Waals surface area (Å²) in [5, 5.41) is 0. The number of amides is 1. The van der Waals surface area contributed by atoms with Crippen LogP contribution in [0.25, 0.3) is 0 Å². The van der Waals surface area contributed by atoms with Crippen molar-refractivity contribution in [2.45, 2.75) is 30.7 Å². The minimum absolute atomic E-state index is 0.00824. The van der Waals surface area contributed by atoms with Crippen LogP contribution in [0.2, 0.25) is 0 Å². The lowest BCUT2D eigenvalue weighted by atomic mass is 10.3. The number of halogens is 1. The smallest absolute Gasteiger partial charge is 0.241 e. The number of hydrogen-bond donors (Lipinski definition) is 2. The molecule has 0 bridgehead atoms. The van der Waals surface area contributed by atoms with Crippen LogP contribution in [0.4, 0.5) is 10.1 Å². The van der Waals surface area contributed by atoms with Gasteiger partial charge in [0, 0.05) is 18.8 Å². The number of nitrogen functional groups attached to an aromatic ring is 1. The Bertz CT molecular complexity index is 622. The van der Waals surface area contributed by atoms with Gasteiger partial charge in [-0.2, -0.15) is 4.72 Å². The summed E-state index contributed by atoms with van der Waals surface area (Å²) in [5.74, 6) is -1.02. The zero-order valence-electron chi connectivity index (χ0n) is 11.7. The standard InChI is InChI=1S/C13H18FN3O3S/c1-9(13(18)17-4-2-3-5-17)16-21(19,20)12-7-10(14)6-11(15)8-12/h6-9,16H,2-5,15H2,1H3. The lowest BCUT2D eigenvalue weighted by molar-refractivity contribution is -0.131. The minimum Gasteiger partial charge on any atom is -0.399 e. The van der Waals surface area contributed by atoms with Gasteiger partial charge < -0.3 is 10.6 Å². The van der Waals surface area contributed by atoms with E-state index in [1.807, 2.05) is 0 Å². The van der Waals surface area contributed by atoms with Gasteiger partial charge >= 0.3 is 0 Å². The van der Waals surface area contributed by atoms with Gasteiger partial charge in [0.1, 0.15) is 5.82 Å². The number of hydrogen-bond acceptors (Lipinski definition) is 4. The van der Waals surface area contributed by atoms with Crippen LogP contribution in [0.1, 0.15) is 19.8 Å². The van der Waals surface area contributed by atoms with Crippen molar-refractivity contribution in [1.82, 2.24) is 9.62 Å². The van der Waals surface area contributed by atoms with Crippen molar-refractivity contribution in [3.63, 3.8) is 0 Å². The van der Waals surface area contributed by atoms with Gasteiger partial charge in [-0.25, -0.2) is 12.8 Å². The van der Waals surface area contributed by atoms with Crippen LogP contribution < -0.4 is 10.5 Å². The predicted molar refractivity (Wildman–Crippen MR) is 76.4 cm³/mol. The Kier molecular flexibility index (Phi) is 4.48. The predicted octanol–water partition coefficient (Wildman–Crippen LogP) is 0.697. The van der Waals surface area contributed by atoms with Gasteiger partial charge in [0.05, 0.1) is 10.9 Å². The van der Waals surface area contributed by atoms with Crippen LogP contribution in [0.3, 0.4) is 0 Å². The molecule has 6 nitrogen and oxygen atoms in total. The van der Waals surface area contributed by atoms with Crippen molar-refractivity contribution < 1.29 is 17.6 Å². The number of rotatable bonds is 4. The number of nitrogens with one attached hydrogen (secondary N) is 1. The van der Waals surface area contributed by atoms with E-state index in [9.17, 15) is 17.6 Å².